The van der Waals surface area contributed by atoms with Gasteiger partial charge >= 0.3 is 11.9 Å². The fraction of sp³-hybridized carbons (Fsp3) is 0.733. The van der Waals surface area contributed by atoms with Crippen LogP contribution in [0.3, 0.4) is 0 Å². The second-order valence-electron chi connectivity index (χ2n) is 12.8. The number of esters is 2. The van der Waals surface area contributed by atoms with Gasteiger partial charge in [0.2, 0.25) is 0 Å². The number of hydrogen-bond donors (Lipinski definition) is 1. The van der Waals surface area contributed by atoms with Crippen molar-refractivity contribution in [2.75, 3.05) is 0 Å². The SMILES string of the molecule is CC1=CC[C@@H]([C@@H](C)[C@H]2CC[C@@]3(C)C4=C(CC[C@]23C)[C@@H](O)C2=CCC(=O)OC(C)(C)[C@@H]2CC4)OC1=O. The van der Waals surface area contributed by atoms with E-state index in [9.17, 15) is 14.7 Å². The van der Waals surface area contributed by atoms with Crippen molar-refractivity contribution in [3.63, 3.8) is 0 Å². The third-order valence-corrected chi connectivity index (χ3v) is 10.9. The fourth-order valence-corrected chi connectivity index (χ4v) is 8.59. The van der Waals surface area contributed by atoms with Crippen molar-refractivity contribution in [2.45, 2.75) is 111 Å². The lowest BCUT2D eigenvalue weighted by Gasteiger charge is -2.53. The van der Waals surface area contributed by atoms with Gasteiger partial charge in [0.05, 0.1) is 12.5 Å². The Labute approximate surface area is 210 Å². The molecule has 0 spiro atoms. The number of rotatable bonds is 2. The highest BCUT2D eigenvalue weighted by molar-refractivity contribution is 5.88. The third-order valence-electron chi connectivity index (χ3n) is 10.9. The van der Waals surface area contributed by atoms with Gasteiger partial charge in [-0.2, -0.15) is 0 Å². The lowest BCUT2D eigenvalue weighted by atomic mass is 9.52. The minimum atomic E-state index is -0.628. The summed E-state index contributed by atoms with van der Waals surface area (Å²) in [7, 11) is 0. The van der Waals surface area contributed by atoms with Gasteiger partial charge in [-0.1, -0.05) is 38.5 Å². The van der Waals surface area contributed by atoms with Gasteiger partial charge in [0, 0.05) is 17.9 Å². The Morgan fingerprint density at radius 3 is 2.51 bits per heavy atom. The summed E-state index contributed by atoms with van der Waals surface area (Å²) < 4.78 is 11.7. The van der Waals surface area contributed by atoms with Crippen LogP contribution in [0.1, 0.15) is 92.9 Å². The number of fused-ring (bicyclic) bond motifs is 3. The van der Waals surface area contributed by atoms with E-state index in [-0.39, 0.29) is 41.2 Å². The van der Waals surface area contributed by atoms with E-state index in [4.69, 9.17) is 9.47 Å². The molecule has 5 nitrogen and oxygen atoms in total. The largest absolute Gasteiger partial charge is 0.459 e. The molecule has 0 aromatic heterocycles. The van der Waals surface area contributed by atoms with E-state index in [0.29, 0.717) is 11.8 Å². The predicted octanol–water partition coefficient (Wildman–Crippen LogP) is 5.82. The summed E-state index contributed by atoms with van der Waals surface area (Å²) >= 11 is 0. The van der Waals surface area contributed by atoms with Gasteiger partial charge in [0.1, 0.15) is 11.7 Å². The van der Waals surface area contributed by atoms with Crippen LogP contribution >= 0.6 is 0 Å². The second-order valence-corrected chi connectivity index (χ2v) is 12.8. The molecule has 3 aliphatic carbocycles. The molecule has 0 aromatic rings. The normalized spacial score (nSPS) is 41.8. The molecule has 5 heteroatoms. The first-order valence-corrected chi connectivity index (χ1v) is 13.6. The highest BCUT2D eigenvalue weighted by Crippen LogP contribution is 2.68. The molecule has 0 radical (unpaired) electrons. The lowest BCUT2D eigenvalue weighted by molar-refractivity contribution is -0.158. The zero-order valence-electron chi connectivity index (χ0n) is 22.3. The van der Waals surface area contributed by atoms with Gasteiger partial charge in [-0.15, -0.1) is 0 Å². The molecule has 2 aliphatic heterocycles. The number of hydrogen-bond acceptors (Lipinski definition) is 5. The van der Waals surface area contributed by atoms with Crippen LogP contribution in [0.4, 0.5) is 0 Å². The molecule has 0 saturated heterocycles. The second kappa shape index (κ2) is 8.33. The van der Waals surface area contributed by atoms with E-state index in [0.717, 1.165) is 56.1 Å². The van der Waals surface area contributed by atoms with E-state index < -0.39 is 11.7 Å². The number of carbonyl (C=O) groups excluding carboxylic acids is 2. The minimum Gasteiger partial charge on any atom is -0.459 e. The van der Waals surface area contributed by atoms with Crippen LogP contribution in [0.25, 0.3) is 0 Å². The Kier molecular flexibility index (Phi) is 5.90. The summed E-state index contributed by atoms with van der Waals surface area (Å²) in [6.07, 6.45) is 10.3. The molecule has 2 heterocycles. The molecular weight excluding hydrogens is 440 g/mol. The summed E-state index contributed by atoms with van der Waals surface area (Å²) in [4.78, 5) is 24.5. The van der Waals surface area contributed by atoms with Crippen LogP contribution < -0.4 is 0 Å². The molecule has 5 rings (SSSR count). The Morgan fingerprint density at radius 2 is 1.80 bits per heavy atom. The quantitative estimate of drug-likeness (QED) is 0.397. The van der Waals surface area contributed by atoms with Crippen molar-refractivity contribution in [1.82, 2.24) is 0 Å². The van der Waals surface area contributed by atoms with Crippen molar-refractivity contribution in [2.24, 2.45) is 28.6 Å². The molecule has 0 aromatic carbocycles. The van der Waals surface area contributed by atoms with Crippen LogP contribution in [0.15, 0.2) is 34.4 Å². The Hall–Kier alpha value is -1.88. The van der Waals surface area contributed by atoms with Gasteiger partial charge in [-0.3, -0.25) is 4.79 Å². The zero-order chi connectivity index (χ0) is 25.3. The average Bonchev–Trinajstić information content (AvgIpc) is 2.89. The number of aliphatic hydroxyl groups is 1. The van der Waals surface area contributed by atoms with Crippen LogP contribution in [0.2, 0.25) is 0 Å². The molecule has 1 saturated carbocycles. The molecule has 35 heavy (non-hydrogen) atoms. The Morgan fingerprint density at radius 1 is 1.06 bits per heavy atom. The number of allylic oxidation sites excluding steroid dienone is 1. The van der Waals surface area contributed by atoms with Crippen molar-refractivity contribution >= 4 is 11.9 Å². The van der Waals surface area contributed by atoms with Crippen molar-refractivity contribution in [3.05, 3.63) is 34.4 Å². The maximum absolute atomic E-state index is 12.3. The highest BCUT2D eigenvalue weighted by Gasteiger charge is 2.61. The molecule has 192 valence electrons. The first-order chi connectivity index (χ1) is 16.4. The lowest BCUT2D eigenvalue weighted by Crippen LogP contribution is -2.46. The maximum Gasteiger partial charge on any atom is 0.333 e. The monoisotopic (exact) mass is 482 g/mol. The average molecular weight is 483 g/mol. The summed E-state index contributed by atoms with van der Waals surface area (Å²) in [5, 5.41) is 11.7. The maximum atomic E-state index is 12.3. The molecule has 0 unspecified atom stereocenters. The first kappa shape index (κ1) is 24.8. The van der Waals surface area contributed by atoms with Gasteiger partial charge in [0.25, 0.3) is 0 Å². The number of carbonyl (C=O) groups is 2. The Bertz CT molecular complexity index is 1030. The van der Waals surface area contributed by atoms with Gasteiger partial charge < -0.3 is 14.6 Å². The summed E-state index contributed by atoms with van der Waals surface area (Å²) in [6.45, 7) is 13.0. The van der Waals surface area contributed by atoms with Crippen LogP contribution in [-0.2, 0) is 19.1 Å². The molecular formula is C30H42O5. The Balaban J connectivity index is 1.48. The van der Waals surface area contributed by atoms with E-state index in [1.807, 2.05) is 32.9 Å². The molecule has 7 atom stereocenters. The summed E-state index contributed by atoms with van der Waals surface area (Å²) in [5.74, 6) is 0.404. The number of aliphatic hydroxyl groups excluding tert-OH is 1. The van der Waals surface area contributed by atoms with Crippen molar-refractivity contribution in [1.29, 1.82) is 0 Å². The molecule has 0 amide bonds. The van der Waals surface area contributed by atoms with E-state index in [2.05, 4.69) is 20.8 Å². The van der Waals surface area contributed by atoms with E-state index >= 15 is 0 Å². The number of ether oxygens (including phenoxy) is 2. The highest BCUT2D eigenvalue weighted by atomic mass is 16.6. The smallest absolute Gasteiger partial charge is 0.333 e. The minimum absolute atomic E-state index is 0.00978. The van der Waals surface area contributed by atoms with Crippen LogP contribution in [0, 0.1) is 28.6 Å². The fourth-order valence-electron chi connectivity index (χ4n) is 8.59. The van der Waals surface area contributed by atoms with Crippen molar-refractivity contribution < 1.29 is 24.2 Å². The molecule has 1 N–H and O–H groups in total. The van der Waals surface area contributed by atoms with E-state index in [1.54, 1.807) is 0 Å². The van der Waals surface area contributed by atoms with Crippen LogP contribution in [-0.4, -0.2) is 34.9 Å². The molecule has 0 bridgehead atoms. The number of cyclic esters (lactones) is 2. The molecule has 1 fully saturated rings. The van der Waals surface area contributed by atoms with Gasteiger partial charge in [-0.05, 0) is 93.1 Å². The predicted molar refractivity (Wildman–Crippen MR) is 134 cm³/mol. The molecule has 5 aliphatic rings. The zero-order valence-corrected chi connectivity index (χ0v) is 22.3. The van der Waals surface area contributed by atoms with Gasteiger partial charge in [0.15, 0.2) is 0 Å². The van der Waals surface area contributed by atoms with Gasteiger partial charge in [-0.25, -0.2) is 4.79 Å². The topological polar surface area (TPSA) is 72.8 Å². The first-order valence-electron chi connectivity index (χ1n) is 13.6. The third kappa shape index (κ3) is 3.67. The van der Waals surface area contributed by atoms with Crippen molar-refractivity contribution in [3.8, 4) is 0 Å². The van der Waals surface area contributed by atoms with E-state index in [1.165, 1.54) is 11.1 Å². The van der Waals surface area contributed by atoms with Crippen LogP contribution in [0.5, 0.6) is 0 Å². The standard InChI is InChI=1S/C30H42O5/c1-17-7-11-24(34-27(17)33)18(2)21-14-16-30(6)23-10-9-22-19(8-12-25(31)35-28(22,3)4)26(32)20(23)13-15-29(21,30)5/h7-8,18,21-22,24,26,32H,9-16H2,1-6H3/t18-,21+,22+,24-,26-,29+,30-/m0/s1. The summed E-state index contributed by atoms with van der Waals surface area (Å²) in [5.41, 5.74) is 3.82. The summed E-state index contributed by atoms with van der Waals surface area (Å²) in [6, 6.07) is 0.